The number of methoxy groups -OCH3 is 1. The van der Waals surface area contributed by atoms with Crippen molar-refractivity contribution in [3.8, 4) is 5.75 Å². The minimum Gasteiger partial charge on any atom is -0.497 e. The number of ether oxygens (including phenoxy) is 1. The normalized spacial score (nSPS) is 13.9. The van der Waals surface area contributed by atoms with Gasteiger partial charge in [-0.1, -0.05) is 12.1 Å². The summed E-state index contributed by atoms with van der Waals surface area (Å²) in [6, 6.07) is 12.7. The number of nitrogens with zero attached hydrogens (tertiary/aromatic N) is 4. The van der Waals surface area contributed by atoms with E-state index in [1.165, 1.54) is 38.2 Å². The van der Waals surface area contributed by atoms with Gasteiger partial charge < -0.3 is 24.8 Å². The van der Waals surface area contributed by atoms with E-state index >= 15 is 0 Å². The second kappa shape index (κ2) is 15.9. The molecule has 11 heteroatoms. The van der Waals surface area contributed by atoms with Crippen LogP contribution in [0.15, 0.2) is 41.3 Å². The number of piperidine rings is 1. The van der Waals surface area contributed by atoms with Crippen molar-refractivity contribution in [2.75, 3.05) is 66.4 Å². The van der Waals surface area contributed by atoms with E-state index in [4.69, 9.17) is 4.74 Å². The molecule has 1 aliphatic heterocycles. The number of anilines is 1. The predicted molar refractivity (Wildman–Crippen MR) is 168 cm³/mol. The Balaban J connectivity index is 0.000000293. The maximum Gasteiger partial charge on any atom is 0.243 e. The van der Waals surface area contributed by atoms with Gasteiger partial charge in [-0.2, -0.15) is 4.31 Å². The van der Waals surface area contributed by atoms with Crippen LogP contribution >= 0.6 is 0 Å². The first kappa shape index (κ1) is 35.0. The maximum absolute atomic E-state index is 12.6. The summed E-state index contributed by atoms with van der Waals surface area (Å²) in [6.07, 6.45) is 2.45. The minimum atomic E-state index is -3.72. The van der Waals surface area contributed by atoms with Crippen LogP contribution in [-0.2, 0) is 26.2 Å². The number of sulfonamides is 1. The van der Waals surface area contributed by atoms with E-state index in [9.17, 15) is 18.0 Å². The molecule has 3 rings (SSSR count). The number of likely N-dealkylation sites (N-methyl/N-ethyl adjacent to an activating group) is 2. The Kier molecular flexibility index (Phi) is 13.3. The number of hydrogen-bond acceptors (Lipinski definition) is 7. The Morgan fingerprint density at radius 3 is 2.00 bits per heavy atom. The van der Waals surface area contributed by atoms with Crippen molar-refractivity contribution < 1.29 is 22.7 Å². The van der Waals surface area contributed by atoms with Crippen molar-refractivity contribution in [2.45, 2.75) is 58.0 Å². The molecule has 0 bridgehead atoms. The molecule has 0 unspecified atom stereocenters. The van der Waals surface area contributed by atoms with Gasteiger partial charge in [0.15, 0.2) is 0 Å². The smallest absolute Gasteiger partial charge is 0.243 e. The molecular formula is C31H49N5O5S. The average Bonchev–Trinajstić information content (AvgIpc) is 2.93. The van der Waals surface area contributed by atoms with Crippen LogP contribution in [0.1, 0.15) is 43.4 Å². The van der Waals surface area contributed by atoms with Gasteiger partial charge in [0.2, 0.25) is 21.8 Å². The second-order valence-corrected chi connectivity index (χ2v) is 13.0. The van der Waals surface area contributed by atoms with Crippen LogP contribution in [0, 0.1) is 13.8 Å². The Hall–Kier alpha value is -3.15. The molecule has 1 N–H and O–H groups in total. The molecule has 42 heavy (non-hydrogen) atoms. The van der Waals surface area contributed by atoms with Gasteiger partial charge in [-0.15, -0.1) is 0 Å². The molecule has 0 aliphatic carbocycles. The maximum atomic E-state index is 12.6. The predicted octanol–water partition coefficient (Wildman–Crippen LogP) is 3.26. The fourth-order valence-electron chi connectivity index (χ4n) is 4.97. The largest absolute Gasteiger partial charge is 0.497 e. The summed E-state index contributed by atoms with van der Waals surface area (Å²) in [5, 5.41) is 2.58. The number of hydrogen-bond donors (Lipinski definition) is 1. The Labute approximate surface area is 252 Å². The SMILES string of the molecule is CC(=O)N(C)Cc1ccc(N2CCC(N(C)C)CC2)cc1.CCNC(=O)CN(C)S(=O)(=O)c1c(C)cc(OC)cc1C. The van der Waals surface area contributed by atoms with Gasteiger partial charge in [-0.25, -0.2) is 8.42 Å². The highest BCUT2D eigenvalue weighted by Crippen LogP contribution is 2.27. The highest BCUT2D eigenvalue weighted by atomic mass is 32.2. The van der Waals surface area contributed by atoms with Gasteiger partial charge in [-0.05, 0) is 88.7 Å². The molecule has 0 saturated carbocycles. The summed E-state index contributed by atoms with van der Waals surface area (Å²) < 4.78 is 31.4. The highest BCUT2D eigenvalue weighted by molar-refractivity contribution is 7.89. The van der Waals surface area contributed by atoms with Crippen molar-refractivity contribution in [3.05, 3.63) is 53.1 Å². The van der Waals surface area contributed by atoms with E-state index in [0.29, 0.717) is 36.0 Å². The summed E-state index contributed by atoms with van der Waals surface area (Å²) in [6.45, 7) is 9.98. The lowest BCUT2D eigenvalue weighted by atomic mass is 10.0. The van der Waals surface area contributed by atoms with Crippen molar-refractivity contribution >= 4 is 27.5 Å². The van der Waals surface area contributed by atoms with E-state index in [0.717, 1.165) is 17.4 Å². The molecular weight excluding hydrogens is 554 g/mol. The molecule has 0 spiro atoms. The van der Waals surface area contributed by atoms with E-state index in [-0.39, 0.29) is 23.3 Å². The number of carbonyl (C=O) groups excluding carboxylic acids is 2. The first-order chi connectivity index (χ1) is 19.7. The van der Waals surface area contributed by atoms with Crippen LogP contribution in [0.5, 0.6) is 5.75 Å². The van der Waals surface area contributed by atoms with Gasteiger partial charge in [-0.3, -0.25) is 9.59 Å². The molecule has 2 amide bonds. The molecule has 10 nitrogen and oxygen atoms in total. The van der Waals surface area contributed by atoms with Gasteiger partial charge in [0.25, 0.3) is 0 Å². The van der Waals surface area contributed by atoms with E-state index in [1.54, 1.807) is 44.7 Å². The molecule has 2 aromatic carbocycles. The lowest BCUT2D eigenvalue weighted by molar-refractivity contribution is -0.128. The fraction of sp³-hybridized carbons (Fsp3) is 0.548. The lowest BCUT2D eigenvalue weighted by Gasteiger charge is -2.36. The minimum absolute atomic E-state index is 0.102. The standard InChI is InChI=1S/C17H27N3O.C14H22N2O4S/c1-14(21)19(4)13-15-5-7-17(8-6-15)20-11-9-16(10-12-20)18(2)3;1-6-15-13(17)9-16(4)21(18,19)14-10(2)7-12(20-5)8-11(14)3/h5-8,16H,9-13H2,1-4H3;7-8H,6,9H2,1-5H3,(H,15,17). The summed E-state index contributed by atoms with van der Waals surface area (Å²) in [5.41, 5.74) is 3.66. The number of benzene rings is 2. The molecule has 2 aromatic rings. The summed E-state index contributed by atoms with van der Waals surface area (Å²) in [5.74, 6) is 0.382. The van der Waals surface area contributed by atoms with Gasteiger partial charge >= 0.3 is 0 Å². The molecule has 1 heterocycles. The molecule has 0 atom stereocenters. The highest BCUT2D eigenvalue weighted by Gasteiger charge is 2.27. The Morgan fingerprint density at radius 1 is 1.00 bits per heavy atom. The van der Waals surface area contributed by atoms with Crippen molar-refractivity contribution in [1.82, 2.24) is 19.4 Å². The molecule has 1 saturated heterocycles. The zero-order valence-electron chi connectivity index (χ0n) is 26.7. The third-order valence-corrected chi connectivity index (χ3v) is 9.64. The van der Waals surface area contributed by atoms with Gasteiger partial charge in [0, 0.05) is 58.9 Å². The zero-order valence-corrected chi connectivity index (χ0v) is 27.5. The monoisotopic (exact) mass is 603 g/mol. The van der Waals surface area contributed by atoms with Crippen LogP contribution in [0.2, 0.25) is 0 Å². The quantitative estimate of drug-likeness (QED) is 0.445. The summed E-state index contributed by atoms with van der Waals surface area (Å²) >= 11 is 0. The van der Waals surface area contributed by atoms with Crippen molar-refractivity contribution in [2.24, 2.45) is 0 Å². The molecule has 0 radical (unpaired) electrons. The Bertz CT molecular complexity index is 1270. The van der Waals surface area contributed by atoms with Gasteiger partial charge in [0.05, 0.1) is 18.6 Å². The number of nitrogens with one attached hydrogen (secondary N) is 1. The van der Waals surface area contributed by atoms with Crippen molar-refractivity contribution in [3.63, 3.8) is 0 Å². The zero-order chi connectivity index (χ0) is 31.6. The Morgan fingerprint density at radius 2 is 1.55 bits per heavy atom. The number of amides is 2. The van der Waals surface area contributed by atoms with Gasteiger partial charge in [0.1, 0.15) is 5.75 Å². The second-order valence-electron chi connectivity index (χ2n) is 11.0. The molecule has 0 aromatic heterocycles. The first-order valence-electron chi connectivity index (χ1n) is 14.3. The molecule has 1 fully saturated rings. The van der Waals surface area contributed by atoms with Crippen LogP contribution in [0.25, 0.3) is 0 Å². The lowest BCUT2D eigenvalue weighted by Crippen LogP contribution is -2.41. The fourth-order valence-corrected chi connectivity index (χ4v) is 6.50. The third-order valence-electron chi connectivity index (χ3n) is 7.53. The first-order valence-corrected chi connectivity index (χ1v) is 15.8. The van der Waals surface area contributed by atoms with E-state index in [1.807, 2.05) is 7.05 Å². The summed E-state index contributed by atoms with van der Waals surface area (Å²) in [7, 11) is 5.38. The van der Waals surface area contributed by atoms with Crippen molar-refractivity contribution in [1.29, 1.82) is 0 Å². The van der Waals surface area contributed by atoms with E-state index < -0.39 is 10.0 Å². The molecule has 1 aliphatic rings. The van der Waals surface area contributed by atoms with E-state index in [2.05, 4.69) is 53.5 Å². The number of carbonyl (C=O) groups is 2. The van der Waals surface area contributed by atoms with Crippen LogP contribution in [0.4, 0.5) is 5.69 Å². The summed E-state index contributed by atoms with van der Waals surface area (Å²) in [4.78, 5) is 29.6. The van der Waals surface area contributed by atoms with Crippen LogP contribution in [-0.4, -0.2) is 102 Å². The topological polar surface area (TPSA) is 103 Å². The average molecular weight is 604 g/mol. The number of rotatable bonds is 10. The third kappa shape index (κ3) is 9.71. The van der Waals surface area contributed by atoms with Crippen LogP contribution < -0.4 is 15.0 Å². The number of aryl methyl sites for hydroxylation is 2. The molecule has 234 valence electrons. The van der Waals surface area contributed by atoms with Crippen LogP contribution in [0.3, 0.4) is 0 Å².